The SMILES string of the molecule is COCC(=O)NCCc1sc(-c2ccc(Cl)cc2)nc1C. The topological polar surface area (TPSA) is 51.2 Å². The molecule has 0 saturated carbocycles. The first kappa shape index (κ1) is 15.9. The van der Waals surface area contributed by atoms with Crippen molar-refractivity contribution < 1.29 is 9.53 Å². The van der Waals surface area contributed by atoms with Gasteiger partial charge in [0.25, 0.3) is 0 Å². The molecule has 1 amide bonds. The summed E-state index contributed by atoms with van der Waals surface area (Å²) in [5, 5.41) is 4.50. The minimum Gasteiger partial charge on any atom is -0.375 e. The van der Waals surface area contributed by atoms with Crippen molar-refractivity contribution in [2.75, 3.05) is 20.3 Å². The first-order valence-corrected chi connectivity index (χ1v) is 7.77. The van der Waals surface area contributed by atoms with Gasteiger partial charge in [0, 0.05) is 35.5 Å². The zero-order valence-corrected chi connectivity index (χ0v) is 13.6. The summed E-state index contributed by atoms with van der Waals surface area (Å²) >= 11 is 7.54. The molecule has 2 rings (SSSR count). The van der Waals surface area contributed by atoms with Crippen molar-refractivity contribution in [2.24, 2.45) is 0 Å². The van der Waals surface area contributed by atoms with Crippen molar-refractivity contribution in [3.05, 3.63) is 39.9 Å². The molecule has 0 saturated heterocycles. The Morgan fingerprint density at radius 2 is 2.10 bits per heavy atom. The van der Waals surface area contributed by atoms with Gasteiger partial charge >= 0.3 is 0 Å². The molecule has 1 heterocycles. The van der Waals surface area contributed by atoms with Gasteiger partial charge in [-0.25, -0.2) is 4.98 Å². The predicted molar refractivity (Wildman–Crippen MR) is 85.9 cm³/mol. The number of methoxy groups -OCH3 is 1. The molecular weight excluding hydrogens is 308 g/mol. The summed E-state index contributed by atoms with van der Waals surface area (Å²) in [6.07, 6.45) is 0.770. The molecule has 0 radical (unpaired) electrons. The standard InChI is InChI=1S/C15H17ClN2O2S/c1-10-13(7-8-17-14(19)9-20-2)21-15(18-10)11-3-5-12(16)6-4-11/h3-6H,7-9H2,1-2H3,(H,17,19). The van der Waals surface area contributed by atoms with Crippen molar-refractivity contribution >= 4 is 28.8 Å². The highest BCUT2D eigenvalue weighted by Crippen LogP contribution is 2.28. The van der Waals surface area contributed by atoms with Crippen LogP contribution in [-0.4, -0.2) is 31.2 Å². The number of aryl methyl sites for hydroxylation is 1. The number of amides is 1. The van der Waals surface area contributed by atoms with Crippen LogP contribution in [0.1, 0.15) is 10.6 Å². The molecule has 0 fully saturated rings. The second kappa shape index (κ2) is 7.54. The molecule has 0 atom stereocenters. The Hall–Kier alpha value is -1.43. The first-order chi connectivity index (χ1) is 10.1. The number of rotatable bonds is 6. The van der Waals surface area contributed by atoms with Crippen molar-refractivity contribution in [1.29, 1.82) is 0 Å². The van der Waals surface area contributed by atoms with Crippen LogP contribution in [0.4, 0.5) is 0 Å². The van der Waals surface area contributed by atoms with Gasteiger partial charge in [-0.05, 0) is 19.1 Å². The summed E-state index contributed by atoms with van der Waals surface area (Å²) in [5.41, 5.74) is 2.06. The number of nitrogens with one attached hydrogen (secondary N) is 1. The van der Waals surface area contributed by atoms with Gasteiger partial charge in [-0.3, -0.25) is 4.79 Å². The maximum absolute atomic E-state index is 11.3. The second-order valence-corrected chi connectivity index (χ2v) is 6.09. The Labute approximate surface area is 133 Å². The van der Waals surface area contributed by atoms with E-state index in [9.17, 15) is 4.79 Å². The lowest BCUT2D eigenvalue weighted by atomic mass is 10.2. The van der Waals surface area contributed by atoms with Crippen molar-refractivity contribution in [2.45, 2.75) is 13.3 Å². The van der Waals surface area contributed by atoms with E-state index in [2.05, 4.69) is 10.3 Å². The number of ether oxygens (including phenoxy) is 1. The minimum atomic E-state index is -0.0995. The fraction of sp³-hybridized carbons (Fsp3) is 0.333. The van der Waals surface area contributed by atoms with Crippen LogP contribution in [0.15, 0.2) is 24.3 Å². The number of halogens is 1. The van der Waals surface area contributed by atoms with Crippen molar-refractivity contribution in [3.8, 4) is 10.6 Å². The summed E-state index contributed by atoms with van der Waals surface area (Å²) in [6.45, 7) is 2.67. The lowest BCUT2D eigenvalue weighted by Crippen LogP contribution is -2.28. The van der Waals surface area contributed by atoms with Gasteiger partial charge in [0.2, 0.25) is 5.91 Å². The van der Waals surface area contributed by atoms with E-state index in [1.807, 2.05) is 31.2 Å². The summed E-state index contributed by atoms with van der Waals surface area (Å²) < 4.78 is 4.77. The Balaban J connectivity index is 1.99. The van der Waals surface area contributed by atoms with E-state index in [1.165, 1.54) is 12.0 Å². The quantitative estimate of drug-likeness (QED) is 0.888. The van der Waals surface area contributed by atoms with Crippen LogP contribution in [0, 0.1) is 6.92 Å². The molecule has 0 aliphatic rings. The molecule has 1 aromatic heterocycles. The number of benzene rings is 1. The lowest BCUT2D eigenvalue weighted by molar-refractivity contribution is -0.124. The van der Waals surface area contributed by atoms with Crippen LogP contribution in [0.3, 0.4) is 0 Å². The highest BCUT2D eigenvalue weighted by Gasteiger charge is 2.10. The number of thiazole rings is 1. The molecule has 2 aromatic rings. The molecule has 0 spiro atoms. The third-order valence-electron chi connectivity index (χ3n) is 2.93. The molecular formula is C15H17ClN2O2S. The summed E-state index contributed by atoms with van der Waals surface area (Å²) in [5.74, 6) is -0.0995. The van der Waals surface area contributed by atoms with Gasteiger partial charge in [-0.15, -0.1) is 11.3 Å². The van der Waals surface area contributed by atoms with Crippen molar-refractivity contribution in [1.82, 2.24) is 10.3 Å². The van der Waals surface area contributed by atoms with E-state index in [1.54, 1.807) is 11.3 Å². The Bertz CT molecular complexity index is 611. The first-order valence-electron chi connectivity index (χ1n) is 6.58. The Morgan fingerprint density at radius 1 is 1.38 bits per heavy atom. The average molecular weight is 325 g/mol. The molecule has 1 aromatic carbocycles. The van der Waals surface area contributed by atoms with Crippen LogP contribution in [0.2, 0.25) is 5.02 Å². The van der Waals surface area contributed by atoms with E-state index < -0.39 is 0 Å². The smallest absolute Gasteiger partial charge is 0.245 e. The number of hydrogen-bond donors (Lipinski definition) is 1. The molecule has 6 heteroatoms. The van der Waals surface area contributed by atoms with Gasteiger partial charge in [-0.2, -0.15) is 0 Å². The fourth-order valence-electron chi connectivity index (χ4n) is 1.87. The highest BCUT2D eigenvalue weighted by atomic mass is 35.5. The van der Waals surface area contributed by atoms with Gasteiger partial charge in [0.05, 0.1) is 5.69 Å². The number of hydrogen-bond acceptors (Lipinski definition) is 4. The van der Waals surface area contributed by atoms with Crippen LogP contribution in [-0.2, 0) is 16.0 Å². The fourth-order valence-corrected chi connectivity index (χ4v) is 3.07. The van der Waals surface area contributed by atoms with Gasteiger partial charge in [-0.1, -0.05) is 23.7 Å². The van der Waals surface area contributed by atoms with Gasteiger partial charge in [0.1, 0.15) is 11.6 Å². The number of aromatic nitrogens is 1. The monoisotopic (exact) mass is 324 g/mol. The summed E-state index contributed by atoms with van der Waals surface area (Å²) in [7, 11) is 1.51. The van der Waals surface area contributed by atoms with Crippen LogP contribution < -0.4 is 5.32 Å². The molecule has 0 bridgehead atoms. The molecule has 1 N–H and O–H groups in total. The molecule has 0 aliphatic carbocycles. The van der Waals surface area contributed by atoms with Gasteiger partial charge < -0.3 is 10.1 Å². The second-order valence-electron chi connectivity index (χ2n) is 4.57. The summed E-state index contributed by atoms with van der Waals surface area (Å²) in [4.78, 5) is 17.1. The molecule has 0 aliphatic heterocycles. The number of carbonyl (C=O) groups is 1. The van der Waals surface area contributed by atoms with Crippen LogP contribution in [0.5, 0.6) is 0 Å². The molecule has 4 nitrogen and oxygen atoms in total. The van der Waals surface area contributed by atoms with Crippen LogP contribution >= 0.6 is 22.9 Å². The number of nitrogens with zero attached hydrogens (tertiary/aromatic N) is 1. The van der Waals surface area contributed by atoms with E-state index in [0.29, 0.717) is 11.6 Å². The van der Waals surface area contributed by atoms with Crippen molar-refractivity contribution in [3.63, 3.8) is 0 Å². The maximum Gasteiger partial charge on any atom is 0.245 e. The molecule has 112 valence electrons. The molecule has 21 heavy (non-hydrogen) atoms. The zero-order chi connectivity index (χ0) is 15.2. The van der Waals surface area contributed by atoms with E-state index >= 15 is 0 Å². The zero-order valence-electron chi connectivity index (χ0n) is 12.0. The summed E-state index contributed by atoms with van der Waals surface area (Å²) in [6, 6.07) is 7.64. The van der Waals surface area contributed by atoms with E-state index in [-0.39, 0.29) is 12.5 Å². The lowest BCUT2D eigenvalue weighted by Gasteiger charge is -2.03. The highest BCUT2D eigenvalue weighted by molar-refractivity contribution is 7.15. The van der Waals surface area contributed by atoms with E-state index in [4.69, 9.17) is 16.3 Å². The largest absolute Gasteiger partial charge is 0.375 e. The number of carbonyl (C=O) groups excluding carboxylic acids is 1. The Kier molecular flexibility index (Phi) is 5.73. The minimum absolute atomic E-state index is 0.0949. The third kappa shape index (κ3) is 4.52. The van der Waals surface area contributed by atoms with E-state index in [0.717, 1.165) is 22.7 Å². The van der Waals surface area contributed by atoms with Crippen LogP contribution in [0.25, 0.3) is 10.6 Å². The normalized spacial score (nSPS) is 10.6. The third-order valence-corrected chi connectivity index (χ3v) is 4.45. The Morgan fingerprint density at radius 3 is 2.76 bits per heavy atom. The molecule has 0 unspecified atom stereocenters. The average Bonchev–Trinajstić information content (AvgIpc) is 2.81. The van der Waals surface area contributed by atoms with Gasteiger partial charge in [0.15, 0.2) is 0 Å². The maximum atomic E-state index is 11.3. The predicted octanol–water partition coefficient (Wildman–Crippen LogP) is 3.08.